The highest BCUT2D eigenvalue weighted by Gasteiger charge is 2.33. The van der Waals surface area contributed by atoms with Crippen LogP contribution in [0.3, 0.4) is 0 Å². The zero-order valence-corrected chi connectivity index (χ0v) is 19.2. The van der Waals surface area contributed by atoms with Gasteiger partial charge in [-0.1, -0.05) is 13.0 Å². The van der Waals surface area contributed by atoms with Crippen LogP contribution in [-0.4, -0.2) is 60.4 Å². The molecule has 1 aliphatic rings. The third-order valence-corrected chi connectivity index (χ3v) is 5.63. The molecule has 1 aliphatic heterocycles. The molecule has 0 atom stereocenters. The number of hydrogen-bond donors (Lipinski definition) is 2. The fraction of sp³-hybridized carbons (Fsp3) is 0.435. The first-order chi connectivity index (χ1) is 16.0. The summed E-state index contributed by atoms with van der Waals surface area (Å²) < 4.78 is 44.2. The molecule has 8 nitrogen and oxygen atoms in total. The van der Waals surface area contributed by atoms with Crippen molar-refractivity contribution < 1.29 is 32.3 Å². The molecule has 1 fully saturated rings. The average Bonchev–Trinajstić information content (AvgIpc) is 3.08. The van der Waals surface area contributed by atoms with Crippen molar-refractivity contribution in [1.82, 2.24) is 15.2 Å². The highest BCUT2D eigenvalue weighted by atomic mass is 19.4. The molecule has 1 saturated heterocycles. The van der Waals surface area contributed by atoms with Crippen LogP contribution in [0.15, 0.2) is 24.3 Å². The summed E-state index contributed by atoms with van der Waals surface area (Å²) in [7, 11) is 0. The predicted octanol–water partition coefficient (Wildman–Crippen LogP) is 3.68. The number of halogens is 3. The molecule has 0 unspecified atom stereocenters. The smallest absolute Gasteiger partial charge is 0.393 e. The highest BCUT2D eigenvalue weighted by molar-refractivity contribution is 6.43. The van der Waals surface area contributed by atoms with Crippen LogP contribution in [0.2, 0.25) is 0 Å². The number of piperazine rings is 1. The van der Waals surface area contributed by atoms with Crippen molar-refractivity contribution in [3.05, 3.63) is 46.6 Å². The van der Waals surface area contributed by atoms with Gasteiger partial charge in [0.15, 0.2) is 0 Å². The summed E-state index contributed by atoms with van der Waals surface area (Å²) in [6.07, 6.45) is -4.37. The van der Waals surface area contributed by atoms with Crippen molar-refractivity contribution in [3.63, 3.8) is 0 Å². The summed E-state index contributed by atoms with van der Waals surface area (Å²) >= 11 is 0. The van der Waals surface area contributed by atoms with Gasteiger partial charge >= 0.3 is 12.3 Å². The van der Waals surface area contributed by atoms with E-state index in [1.54, 1.807) is 24.8 Å². The van der Waals surface area contributed by atoms with Gasteiger partial charge in [-0.3, -0.25) is 9.59 Å². The largest absolute Gasteiger partial charge is 0.416 e. The van der Waals surface area contributed by atoms with Crippen molar-refractivity contribution in [2.24, 2.45) is 0 Å². The number of amides is 2. The number of alkyl halides is 3. The lowest BCUT2D eigenvalue weighted by atomic mass is 10.1. The summed E-state index contributed by atoms with van der Waals surface area (Å²) in [4.78, 5) is 43.6. The first kappa shape index (κ1) is 25.1. The van der Waals surface area contributed by atoms with Crippen molar-refractivity contribution in [3.8, 4) is 5.88 Å². The second-order valence-corrected chi connectivity index (χ2v) is 8.05. The molecule has 34 heavy (non-hydrogen) atoms. The minimum absolute atomic E-state index is 0.0941. The lowest BCUT2D eigenvalue weighted by Crippen LogP contribution is -2.50. The molecule has 3 rings (SSSR count). The Hall–Kier alpha value is -3.50. The molecule has 2 heterocycles. The number of ketones is 1. The SMILES string of the molecule is CCCNC(=O)Oc1[nH]c(C)c(C(=O)C(=O)N2CCN(c3cccc(C(F)(F)F)c3)CC2)c1C. The van der Waals surface area contributed by atoms with Crippen LogP contribution in [0.25, 0.3) is 0 Å². The van der Waals surface area contributed by atoms with Crippen LogP contribution in [-0.2, 0) is 11.0 Å². The van der Waals surface area contributed by atoms with Gasteiger partial charge in [0.1, 0.15) is 0 Å². The van der Waals surface area contributed by atoms with E-state index in [2.05, 4.69) is 10.3 Å². The zero-order valence-electron chi connectivity index (χ0n) is 19.2. The van der Waals surface area contributed by atoms with Crippen molar-refractivity contribution in [1.29, 1.82) is 0 Å². The number of ether oxygens (including phenoxy) is 1. The molecule has 0 aliphatic carbocycles. The summed E-state index contributed by atoms with van der Waals surface area (Å²) in [5, 5.41) is 2.56. The van der Waals surface area contributed by atoms with Crippen LogP contribution < -0.4 is 15.0 Å². The molecule has 2 N–H and O–H groups in total. The molecule has 11 heteroatoms. The number of aryl methyl sites for hydroxylation is 1. The van der Waals surface area contributed by atoms with E-state index in [0.717, 1.165) is 18.6 Å². The predicted molar refractivity (Wildman–Crippen MR) is 119 cm³/mol. The van der Waals surface area contributed by atoms with Gasteiger partial charge in [-0.2, -0.15) is 13.2 Å². The number of H-pyrrole nitrogens is 1. The van der Waals surface area contributed by atoms with E-state index in [0.29, 0.717) is 23.5 Å². The molecule has 0 saturated carbocycles. The normalized spacial score (nSPS) is 14.2. The fourth-order valence-corrected chi connectivity index (χ4v) is 3.82. The summed E-state index contributed by atoms with van der Waals surface area (Å²) in [5.41, 5.74) is 0.567. The molecule has 2 aromatic rings. The number of Topliss-reactive ketones (excluding diaryl/α,β-unsaturated/α-hetero) is 1. The Morgan fingerprint density at radius 3 is 2.41 bits per heavy atom. The number of anilines is 1. The van der Waals surface area contributed by atoms with E-state index in [1.165, 1.54) is 11.0 Å². The lowest BCUT2D eigenvalue weighted by molar-refractivity contribution is -0.137. The van der Waals surface area contributed by atoms with Crippen molar-refractivity contribution in [2.75, 3.05) is 37.6 Å². The quantitative estimate of drug-likeness (QED) is 0.486. The minimum Gasteiger partial charge on any atom is -0.393 e. The van der Waals surface area contributed by atoms with Crippen molar-refractivity contribution >= 4 is 23.5 Å². The molecule has 1 aromatic carbocycles. The van der Waals surface area contributed by atoms with Crippen LogP contribution in [0.5, 0.6) is 5.88 Å². The third-order valence-electron chi connectivity index (χ3n) is 5.63. The maximum Gasteiger partial charge on any atom is 0.416 e. The molecule has 0 spiro atoms. The van der Waals surface area contributed by atoms with Gasteiger partial charge in [0.05, 0.1) is 11.1 Å². The number of carbonyl (C=O) groups is 3. The topological polar surface area (TPSA) is 94.7 Å². The van der Waals surface area contributed by atoms with Gasteiger partial charge in [-0.05, 0) is 38.5 Å². The maximum absolute atomic E-state index is 13.0. The van der Waals surface area contributed by atoms with E-state index in [1.807, 2.05) is 6.92 Å². The summed E-state index contributed by atoms with van der Waals surface area (Å²) in [5.74, 6) is -1.35. The standard InChI is InChI=1S/C23H27F3N4O4/c1-4-8-27-22(33)34-20-14(2)18(15(3)28-20)19(31)21(32)30-11-9-29(10-12-30)17-7-5-6-16(13-17)23(24,25)26/h5-7,13,28H,4,8-12H2,1-3H3,(H,27,33). The van der Waals surface area contributed by atoms with E-state index < -0.39 is 29.5 Å². The zero-order chi connectivity index (χ0) is 25.0. The first-order valence-corrected chi connectivity index (χ1v) is 10.9. The third kappa shape index (κ3) is 5.52. The second-order valence-electron chi connectivity index (χ2n) is 8.05. The Bertz CT molecular complexity index is 1070. The van der Waals surface area contributed by atoms with E-state index >= 15 is 0 Å². The second kappa shape index (κ2) is 10.2. The Balaban J connectivity index is 1.66. The number of nitrogens with one attached hydrogen (secondary N) is 2. The van der Waals surface area contributed by atoms with Gasteiger partial charge in [-0.15, -0.1) is 0 Å². The van der Waals surface area contributed by atoms with Crippen LogP contribution >= 0.6 is 0 Å². The van der Waals surface area contributed by atoms with Gasteiger partial charge in [0.2, 0.25) is 5.88 Å². The van der Waals surface area contributed by atoms with Crippen molar-refractivity contribution in [2.45, 2.75) is 33.4 Å². The van der Waals surface area contributed by atoms with E-state index in [9.17, 15) is 27.6 Å². The van der Waals surface area contributed by atoms with E-state index in [-0.39, 0.29) is 37.6 Å². The van der Waals surface area contributed by atoms with Gasteiger partial charge in [0, 0.05) is 49.7 Å². The monoisotopic (exact) mass is 480 g/mol. The van der Waals surface area contributed by atoms with Gasteiger partial charge < -0.3 is 24.8 Å². The maximum atomic E-state index is 13.0. The molecule has 184 valence electrons. The molecule has 0 radical (unpaired) electrons. The number of aromatic amines is 1. The Labute approximate surface area is 195 Å². The van der Waals surface area contributed by atoms with Crippen LogP contribution in [0.4, 0.5) is 23.7 Å². The van der Waals surface area contributed by atoms with E-state index in [4.69, 9.17) is 4.74 Å². The van der Waals surface area contributed by atoms with Crippen LogP contribution in [0.1, 0.15) is 40.5 Å². The van der Waals surface area contributed by atoms with Gasteiger partial charge in [0.25, 0.3) is 11.7 Å². The fourth-order valence-electron chi connectivity index (χ4n) is 3.82. The highest BCUT2D eigenvalue weighted by Crippen LogP contribution is 2.32. The molecular weight excluding hydrogens is 453 g/mol. The molecule has 2 amide bonds. The number of carbonyl (C=O) groups excluding carboxylic acids is 3. The molecule has 1 aromatic heterocycles. The van der Waals surface area contributed by atoms with Gasteiger partial charge in [-0.25, -0.2) is 4.79 Å². The Morgan fingerprint density at radius 2 is 1.79 bits per heavy atom. The summed E-state index contributed by atoms with van der Waals surface area (Å²) in [6.45, 7) is 6.47. The molecular formula is C23H27F3N4O4. The Morgan fingerprint density at radius 1 is 1.12 bits per heavy atom. The summed E-state index contributed by atoms with van der Waals surface area (Å²) in [6, 6.07) is 5.02. The number of hydrogen-bond acceptors (Lipinski definition) is 5. The number of nitrogens with zero attached hydrogens (tertiary/aromatic N) is 2. The number of benzene rings is 1. The first-order valence-electron chi connectivity index (χ1n) is 10.9. The Kier molecular flexibility index (Phi) is 7.53. The average molecular weight is 480 g/mol. The number of aromatic nitrogens is 1. The molecule has 0 bridgehead atoms. The van der Waals surface area contributed by atoms with Crippen LogP contribution in [0, 0.1) is 13.8 Å². The minimum atomic E-state index is -4.44. The lowest BCUT2D eigenvalue weighted by Gasteiger charge is -2.36. The number of rotatable bonds is 6.